The highest BCUT2D eigenvalue weighted by atomic mass is 127. The van der Waals surface area contributed by atoms with Crippen LogP contribution in [0.3, 0.4) is 0 Å². The van der Waals surface area contributed by atoms with Crippen LogP contribution in [0.4, 0.5) is 4.79 Å². The number of likely N-dealkylation sites (tertiary alicyclic amines) is 1. The lowest BCUT2D eigenvalue weighted by Gasteiger charge is -2.32. The van der Waals surface area contributed by atoms with Gasteiger partial charge in [-0.15, -0.1) is 24.0 Å². The summed E-state index contributed by atoms with van der Waals surface area (Å²) in [4.78, 5) is 17.6. The Hall–Kier alpha value is -1.71. The minimum absolute atomic E-state index is 0. The van der Waals surface area contributed by atoms with Crippen LogP contribution in [0.15, 0.2) is 35.3 Å². The highest BCUT2D eigenvalue weighted by Crippen LogP contribution is 2.13. The van der Waals surface area contributed by atoms with Crippen molar-refractivity contribution in [3.8, 4) is 5.75 Å². The molecule has 1 saturated heterocycles. The van der Waals surface area contributed by atoms with E-state index in [0.717, 1.165) is 37.5 Å². The van der Waals surface area contributed by atoms with Gasteiger partial charge in [0, 0.05) is 25.7 Å². The number of urea groups is 1. The Morgan fingerprint density at radius 1 is 1.30 bits per heavy atom. The maximum absolute atomic E-state index is 11.2. The molecule has 7 nitrogen and oxygen atoms in total. The van der Waals surface area contributed by atoms with Gasteiger partial charge in [-0.3, -0.25) is 0 Å². The van der Waals surface area contributed by atoms with Crippen LogP contribution in [0.2, 0.25) is 0 Å². The molecule has 1 heterocycles. The van der Waals surface area contributed by atoms with Gasteiger partial charge in [0.05, 0.1) is 6.54 Å². The second-order valence-corrected chi connectivity index (χ2v) is 6.42. The Balaban J connectivity index is 0.00000364. The van der Waals surface area contributed by atoms with E-state index >= 15 is 0 Å². The first kappa shape index (κ1) is 23.3. The van der Waals surface area contributed by atoms with Crippen LogP contribution >= 0.6 is 24.0 Å². The lowest BCUT2D eigenvalue weighted by Crippen LogP contribution is -2.50. The summed E-state index contributed by atoms with van der Waals surface area (Å²) in [7, 11) is 0. The quantitative estimate of drug-likeness (QED) is 0.312. The summed E-state index contributed by atoms with van der Waals surface area (Å²) in [5.74, 6) is 1.66. The fourth-order valence-corrected chi connectivity index (χ4v) is 2.89. The topological polar surface area (TPSA) is 92.0 Å². The molecule has 1 unspecified atom stereocenters. The highest BCUT2D eigenvalue weighted by molar-refractivity contribution is 14.0. The van der Waals surface area contributed by atoms with Gasteiger partial charge in [0.25, 0.3) is 0 Å². The zero-order chi connectivity index (χ0) is 18.8. The molecule has 0 radical (unpaired) electrons. The number of rotatable bonds is 7. The molecular formula is C19H32IN5O2. The van der Waals surface area contributed by atoms with Crippen molar-refractivity contribution < 1.29 is 9.53 Å². The third kappa shape index (κ3) is 8.23. The summed E-state index contributed by atoms with van der Waals surface area (Å²) >= 11 is 0. The lowest BCUT2D eigenvalue weighted by molar-refractivity contribution is 0.188. The number of carbonyl (C=O) groups is 1. The maximum Gasteiger partial charge on any atom is 0.314 e. The smallest absolute Gasteiger partial charge is 0.314 e. The molecule has 1 fully saturated rings. The molecule has 1 aromatic rings. The first-order valence-corrected chi connectivity index (χ1v) is 9.43. The zero-order valence-electron chi connectivity index (χ0n) is 16.2. The first-order chi connectivity index (χ1) is 12.6. The molecule has 2 rings (SSSR count). The zero-order valence-corrected chi connectivity index (χ0v) is 18.5. The second-order valence-electron chi connectivity index (χ2n) is 6.42. The first-order valence-electron chi connectivity index (χ1n) is 9.43. The van der Waals surface area contributed by atoms with Crippen LogP contribution in [-0.2, 0) is 0 Å². The Morgan fingerprint density at radius 2 is 1.96 bits per heavy atom. The van der Waals surface area contributed by atoms with Crippen molar-refractivity contribution in [2.45, 2.75) is 45.3 Å². The van der Waals surface area contributed by atoms with Gasteiger partial charge < -0.3 is 26.0 Å². The molecule has 1 aromatic carbocycles. The third-order valence-corrected chi connectivity index (χ3v) is 4.45. The van der Waals surface area contributed by atoms with Gasteiger partial charge in [-0.1, -0.05) is 25.1 Å². The number of hydrogen-bond acceptors (Lipinski definition) is 3. The molecular weight excluding hydrogens is 457 g/mol. The van der Waals surface area contributed by atoms with Gasteiger partial charge in [0.15, 0.2) is 5.96 Å². The van der Waals surface area contributed by atoms with Crippen molar-refractivity contribution in [1.82, 2.24) is 15.5 Å². The predicted molar refractivity (Wildman–Crippen MR) is 120 cm³/mol. The van der Waals surface area contributed by atoms with Crippen LogP contribution in [0.25, 0.3) is 0 Å². The van der Waals surface area contributed by atoms with Crippen LogP contribution in [0, 0.1) is 0 Å². The number of hydrogen-bond donors (Lipinski definition) is 3. The molecule has 27 heavy (non-hydrogen) atoms. The summed E-state index contributed by atoms with van der Waals surface area (Å²) in [5.41, 5.74) is 5.34. The molecule has 1 aliphatic heterocycles. The molecule has 1 atom stereocenters. The van der Waals surface area contributed by atoms with Crippen molar-refractivity contribution in [2.24, 2.45) is 10.7 Å². The van der Waals surface area contributed by atoms with Crippen LogP contribution in [-0.4, -0.2) is 55.2 Å². The molecule has 2 amide bonds. The number of piperidine rings is 1. The number of nitrogens with two attached hydrogens (primary N) is 1. The van der Waals surface area contributed by atoms with Crippen molar-refractivity contribution in [3.63, 3.8) is 0 Å². The summed E-state index contributed by atoms with van der Waals surface area (Å²) in [6.45, 7) is 6.89. The predicted octanol–water partition coefficient (Wildman–Crippen LogP) is 2.56. The molecule has 0 bridgehead atoms. The number of nitrogens with one attached hydrogen (secondary N) is 2. The second kappa shape index (κ2) is 12.6. The number of carbonyl (C=O) groups excluding carboxylic acids is 1. The Labute approximate surface area is 179 Å². The summed E-state index contributed by atoms with van der Waals surface area (Å²) in [6.07, 6.45) is 2.65. The number of amides is 2. The number of nitrogens with zero attached hydrogens (tertiary/aromatic N) is 2. The molecule has 152 valence electrons. The van der Waals surface area contributed by atoms with E-state index in [1.807, 2.05) is 37.3 Å². The van der Waals surface area contributed by atoms with Crippen molar-refractivity contribution in [3.05, 3.63) is 30.3 Å². The van der Waals surface area contributed by atoms with Crippen LogP contribution < -0.4 is 21.1 Å². The minimum Gasteiger partial charge on any atom is -0.489 e. The number of primary amides is 1. The molecule has 0 saturated carbocycles. The van der Waals surface area contributed by atoms with Gasteiger partial charge in [0.2, 0.25) is 0 Å². The monoisotopic (exact) mass is 489 g/mol. The van der Waals surface area contributed by atoms with Crippen molar-refractivity contribution in [1.29, 1.82) is 0 Å². The van der Waals surface area contributed by atoms with E-state index in [0.29, 0.717) is 25.7 Å². The summed E-state index contributed by atoms with van der Waals surface area (Å²) < 4.78 is 6.00. The van der Waals surface area contributed by atoms with E-state index in [2.05, 4.69) is 17.6 Å². The Kier molecular flexibility index (Phi) is 10.9. The Morgan fingerprint density at radius 3 is 2.52 bits per heavy atom. The van der Waals surface area contributed by atoms with Crippen molar-refractivity contribution >= 4 is 36.0 Å². The van der Waals surface area contributed by atoms with Gasteiger partial charge in [0.1, 0.15) is 11.9 Å². The number of para-hydroxylation sites is 1. The molecule has 0 aromatic heterocycles. The normalized spacial score (nSPS) is 16.2. The van der Waals surface area contributed by atoms with Gasteiger partial charge in [-0.05, 0) is 38.3 Å². The van der Waals surface area contributed by atoms with E-state index in [-0.39, 0.29) is 36.1 Å². The fraction of sp³-hybridized carbons (Fsp3) is 0.579. The SMILES string of the molecule is CCNC(=NCC(CC)Oc1ccccc1)NC1CCN(C(N)=O)CC1.I. The van der Waals surface area contributed by atoms with E-state index < -0.39 is 0 Å². The maximum atomic E-state index is 11.2. The fourth-order valence-electron chi connectivity index (χ4n) is 2.89. The van der Waals surface area contributed by atoms with Gasteiger partial charge in [-0.2, -0.15) is 0 Å². The largest absolute Gasteiger partial charge is 0.489 e. The van der Waals surface area contributed by atoms with Gasteiger partial charge >= 0.3 is 6.03 Å². The highest BCUT2D eigenvalue weighted by Gasteiger charge is 2.21. The van der Waals surface area contributed by atoms with E-state index in [4.69, 9.17) is 15.5 Å². The third-order valence-electron chi connectivity index (χ3n) is 4.45. The van der Waals surface area contributed by atoms with E-state index in [9.17, 15) is 4.79 Å². The number of guanidine groups is 1. The van der Waals surface area contributed by atoms with E-state index in [1.165, 1.54) is 0 Å². The number of benzene rings is 1. The number of aliphatic imine (C=N–C) groups is 1. The minimum atomic E-state index is -0.340. The molecule has 8 heteroatoms. The van der Waals surface area contributed by atoms with Gasteiger partial charge in [-0.25, -0.2) is 9.79 Å². The molecule has 1 aliphatic rings. The standard InChI is InChI=1S/C19H31N5O2.HI/c1-3-16(26-17-8-6-5-7-9-17)14-22-19(21-4-2)23-15-10-12-24(13-11-15)18(20)25;/h5-9,15-16H,3-4,10-14H2,1-2H3,(H2,20,25)(H2,21,22,23);1H. The van der Waals surface area contributed by atoms with E-state index in [1.54, 1.807) is 4.90 Å². The summed E-state index contributed by atoms with van der Waals surface area (Å²) in [5, 5.41) is 6.75. The average molecular weight is 489 g/mol. The molecule has 0 aliphatic carbocycles. The lowest BCUT2D eigenvalue weighted by atomic mass is 10.1. The average Bonchev–Trinajstić information content (AvgIpc) is 2.66. The van der Waals surface area contributed by atoms with Crippen LogP contribution in [0.1, 0.15) is 33.1 Å². The van der Waals surface area contributed by atoms with Crippen LogP contribution in [0.5, 0.6) is 5.75 Å². The summed E-state index contributed by atoms with van der Waals surface area (Å²) in [6, 6.07) is 9.78. The Bertz CT molecular complexity index is 577. The number of halogens is 1. The van der Waals surface area contributed by atoms with Crippen molar-refractivity contribution in [2.75, 3.05) is 26.2 Å². The molecule has 0 spiro atoms. The number of ether oxygens (including phenoxy) is 1. The molecule has 4 N–H and O–H groups in total.